The number of carbonyl (C=O) groups excluding carboxylic acids is 2. The first-order valence-electron chi connectivity index (χ1n) is 8.22. The normalized spacial score (nSPS) is 14.0. The van der Waals surface area contributed by atoms with Gasteiger partial charge in [-0.15, -0.1) is 21.5 Å². The first kappa shape index (κ1) is 17.8. The summed E-state index contributed by atoms with van der Waals surface area (Å²) in [4.78, 5) is 31.8. The van der Waals surface area contributed by atoms with Crippen LogP contribution in [-0.4, -0.2) is 45.0 Å². The lowest BCUT2D eigenvalue weighted by atomic mass is 10.2. The molecule has 0 aromatic carbocycles. The number of rotatable bonds is 5. The summed E-state index contributed by atoms with van der Waals surface area (Å²) < 4.78 is 5.08. The minimum absolute atomic E-state index is 0.120. The summed E-state index contributed by atoms with van der Waals surface area (Å²) in [5.74, 6) is -0.200. The molecule has 2 N–H and O–H groups in total. The van der Waals surface area contributed by atoms with E-state index >= 15 is 0 Å². The van der Waals surface area contributed by atoms with Crippen LogP contribution in [0.15, 0.2) is 22.8 Å². The third kappa shape index (κ3) is 4.21. The van der Waals surface area contributed by atoms with E-state index in [1.54, 1.807) is 12.1 Å². The molecule has 0 aliphatic carbocycles. The van der Waals surface area contributed by atoms with Gasteiger partial charge in [-0.25, -0.2) is 4.98 Å². The fourth-order valence-corrected chi connectivity index (χ4v) is 4.37. The number of nitrogens with zero attached hydrogens (tertiary/aromatic N) is 4. The first-order chi connectivity index (χ1) is 13.1. The van der Waals surface area contributed by atoms with Gasteiger partial charge in [0.15, 0.2) is 10.9 Å². The number of hydrogen-bond acceptors (Lipinski definition) is 9. The van der Waals surface area contributed by atoms with Gasteiger partial charge in [-0.2, -0.15) is 0 Å². The molecule has 0 spiro atoms. The molecule has 1 aliphatic rings. The number of anilines is 2. The van der Waals surface area contributed by atoms with E-state index in [2.05, 4.69) is 25.8 Å². The Morgan fingerprint density at radius 2 is 2.15 bits per heavy atom. The molecular weight excluding hydrogens is 388 g/mol. The van der Waals surface area contributed by atoms with Gasteiger partial charge in [0.25, 0.3) is 5.91 Å². The third-order valence-corrected chi connectivity index (χ3v) is 5.67. The SMILES string of the molecule is Cc1nnc(NC(=O)CN2CCc3nc(NC(=O)c4ccco4)sc3C2)s1. The van der Waals surface area contributed by atoms with Gasteiger partial charge in [0.2, 0.25) is 11.0 Å². The molecule has 0 saturated heterocycles. The van der Waals surface area contributed by atoms with E-state index in [0.29, 0.717) is 16.8 Å². The van der Waals surface area contributed by atoms with E-state index in [1.807, 2.05) is 11.8 Å². The highest BCUT2D eigenvalue weighted by Gasteiger charge is 2.23. The van der Waals surface area contributed by atoms with Gasteiger partial charge in [-0.05, 0) is 19.1 Å². The van der Waals surface area contributed by atoms with Crippen molar-refractivity contribution in [2.75, 3.05) is 23.7 Å². The van der Waals surface area contributed by atoms with Crippen molar-refractivity contribution >= 4 is 44.8 Å². The molecule has 0 radical (unpaired) electrons. The lowest BCUT2D eigenvalue weighted by molar-refractivity contribution is -0.117. The molecule has 140 valence electrons. The molecule has 9 nitrogen and oxygen atoms in total. The van der Waals surface area contributed by atoms with Crippen LogP contribution >= 0.6 is 22.7 Å². The Morgan fingerprint density at radius 1 is 1.26 bits per heavy atom. The number of fused-ring (bicyclic) bond motifs is 1. The van der Waals surface area contributed by atoms with Crippen molar-refractivity contribution in [1.29, 1.82) is 0 Å². The summed E-state index contributed by atoms with van der Waals surface area (Å²) in [6, 6.07) is 3.26. The topological polar surface area (TPSA) is 113 Å². The van der Waals surface area contributed by atoms with Crippen LogP contribution in [0.25, 0.3) is 0 Å². The second-order valence-corrected chi connectivity index (χ2v) is 8.22. The van der Waals surface area contributed by atoms with E-state index in [1.165, 1.54) is 28.9 Å². The van der Waals surface area contributed by atoms with Crippen molar-refractivity contribution in [2.24, 2.45) is 0 Å². The zero-order chi connectivity index (χ0) is 18.8. The molecular formula is C16H16N6O3S2. The van der Waals surface area contributed by atoms with Crippen LogP contribution in [0.1, 0.15) is 26.1 Å². The molecule has 27 heavy (non-hydrogen) atoms. The number of amides is 2. The van der Waals surface area contributed by atoms with Gasteiger partial charge < -0.3 is 4.42 Å². The second kappa shape index (κ2) is 7.55. The maximum atomic E-state index is 12.2. The minimum Gasteiger partial charge on any atom is -0.459 e. The van der Waals surface area contributed by atoms with E-state index in [4.69, 9.17) is 4.42 Å². The van der Waals surface area contributed by atoms with Gasteiger partial charge in [0, 0.05) is 24.4 Å². The summed E-state index contributed by atoms with van der Waals surface area (Å²) in [7, 11) is 0. The summed E-state index contributed by atoms with van der Waals surface area (Å²) in [5.41, 5.74) is 0.964. The van der Waals surface area contributed by atoms with Gasteiger partial charge in [0.1, 0.15) is 5.01 Å². The largest absolute Gasteiger partial charge is 0.459 e. The molecule has 2 amide bonds. The van der Waals surface area contributed by atoms with Crippen molar-refractivity contribution in [1.82, 2.24) is 20.1 Å². The summed E-state index contributed by atoms with van der Waals surface area (Å²) in [6.45, 7) is 3.45. The van der Waals surface area contributed by atoms with Crippen LogP contribution in [0.5, 0.6) is 0 Å². The minimum atomic E-state index is -0.324. The maximum absolute atomic E-state index is 12.2. The molecule has 3 aromatic heterocycles. The molecule has 4 heterocycles. The van der Waals surface area contributed by atoms with Crippen LogP contribution in [0.4, 0.5) is 10.3 Å². The molecule has 0 atom stereocenters. The summed E-state index contributed by atoms with van der Waals surface area (Å²) in [6.07, 6.45) is 2.18. The lowest BCUT2D eigenvalue weighted by Gasteiger charge is -2.24. The molecule has 4 rings (SSSR count). The molecule has 1 aliphatic heterocycles. The third-order valence-electron chi connectivity index (χ3n) is 3.92. The van der Waals surface area contributed by atoms with Crippen molar-refractivity contribution in [2.45, 2.75) is 19.9 Å². The number of hydrogen-bond donors (Lipinski definition) is 2. The van der Waals surface area contributed by atoms with Crippen LogP contribution in [0.2, 0.25) is 0 Å². The van der Waals surface area contributed by atoms with Crippen molar-refractivity contribution in [3.05, 3.63) is 39.7 Å². The Bertz CT molecular complexity index is 965. The number of carbonyl (C=O) groups is 2. The molecule has 0 bridgehead atoms. The van der Waals surface area contributed by atoms with E-state index < -0.39 is 0 Å². The number of nitrogens with one attached hydrogen (secondary N) is 2. The Morgan fingerprint density at radius 3 is 2.89 bits per heavy atom. The van der Waals surface area contributed by atoms with E-state index in [9.17, 15) is 9.59 Å². The van der Waals surface area contributed by atoms with Crippen LogP contribution < -0.4 is 10.6 Å². The Labute approximate surface area is 162 Å². The predicted octanol–water partition coefficient (Wildman–Crippen LogP) is 2.15. The average molecular weight is 404 g/mol. The Hall–Kier alpha value is -2.63. The van der Waals surface area contributed by atoms with Crippen LogP contribution in [-0.2, 0) is 17.8 Å². The van der Waals surface area contributed by atoms with Crippen molar-refractivity contribution in [3.8, 4) is 0 Å². The summed E-state index contributed by atoms with van der Waals surface area (Å²) >= 11 is 2.77. The smallest absolute Gasteiger partial charge is 0.293 e. The number of aromatic nitrogens is 3. The Kier molecular flexibility index (Phi) is 4.97. The zero-order valence-electron chi connectivity index (χ0n) is 14.4. The Balaban J connectivity index is 1.35. The standard InChI is InChI=1S/C16H16N6O3S2/c1-9-20-21-16(26-9)18-13(23)8-22-5-4-10-12(7-22)27-15(17-10)19-14(24)11-3-2-6-25-11/h2-3,6H,4-5,7-8H2,1H3,(H,17,19,24)(H,18,21,23). The highest BCUT2D eigenvalue weighted by atomic mass is 32.1. The number of aryl methyl sites for hydroxylation is 1. The van der Waals surface area contributed by atoms with Crippen molar-refractivity contribution in [3.63, 3.8) is 0 Å². The highest BCUT2D eigenvalue weighted by molar-refractivity contribution is 7.16. The lowest BCUT2D eigenvalue weighted by Crippen LogP contribution is -2.36. The van der Waals surface area contributed by atoms with E-state index in [0.717, 1.165) is 28.5 Å². The van der Waals surface area contributed by atoms with E-state index in [-0.39, 0.29) is 24.1 Å². The maximum Gasteiger partial charge on any atom is 0.293 e. The average Bonchev–Trinajstić information content (AvgIpc) is 3.35. The second-order valence-electron chi connectivity index (χ2n) is 5.96. The van der Waals surface area contributed by atoms with Gasteiger partial charge in [-0.3, -0.25) is 25.1 Å². The number of thiazole rings is 1. The van der Waals surface area contributed by atoms with Crippen LogP contribution in [0.3, 0.4) is 0 Å². The fourth-order valence-electron chi connectivity index (χ4n) is 2.71. The van der Waals surface area contributed by atoms with Gasteiger partial charge >= 0.3 is 0 Å². The molecule has 3 aromatic rings. The van der Waals surface area contributed by atoms with Crippen molar-refractivity contribution < 1.29 is 14.0 Å². The highest BCUT2D eigenvalue weighted by Crippen LogP contribution is 2.28. The fraction of sp³-hybridized carbons (Fsp3) is 0.312. The van der Waals surface area contributed by atoms with Gasteiger partial charge in [-0.1, -0.05) is 11.3 Å². The first-order valence-corrected chi connectivity index (χ1v) is 9.86. The summed E-state index contributed by atoms with van der Waals surface area (Å²) in [5, 5.41) is 15.2. The zero-order valence-corrected chi connectivity index (χ0v) is 16.0. The molecule has 0 unspecified atom stereocenters. The molecule has 0 saturated carbocycles. The molecule has 0 fully saturated rings. The number of furan rings is 1. The molecule has 11 heteroatoms. The van der Waals surface area contributed by atoms with Crippen LogP contribution in [0, 0.1) is 6.92 Å². The predicted molar refractivity (Wildman–Crippen MR) is 101 cm³/mol. The monoisotopic (exact) mass is 404 g/mol. The quantitative estimate of drug-likeness (QED) is 0.670. The van der Waals surface area contributed by atoms with Gasteiger partial charge in [0.05, 0.1) is 18.5 Å².